The summed E-state index contributed by atoms with van der Waals surface area (Å²) in [7, 11) is 0. The van der Waals surface area contributed by atoms with Gasteiger partial charge < -0.3 is 16.4 Å². The first kappa shape index (κ1) is 17.3. The molecule has 0 bridgehead atoms. The van der Waals surface area contributed by atoms with Crippen molar-refractivity contribution in [1.82, 2.24) is 9.97 Å². The van der Waals surface area contributed by atoms with Gasteiger partial charge in [0.1, 0.15) is 12.0 Å². The molecule has 3 aromatic rings. The summed E-state index contributed by atoms with van der Waals surface area (Å²) in [6.07, 6.45) is 1.44. The molecule has 7 heteroatoms. The zero-order valence-corrected chi connectivity index (χ0v) is 15.0. The molecule has 3 rings (SSSR count). The Balaban J connectivity index is 1.84. The fourth-order valence-corrected chi connectivity index (χ4v) is 2.72. The number of nitrogen functional groups attached to an aromatic ring is 1. The summed E-state index contributed by atoms with van der Waals surface area (Å²) >= 11 is 12.2. The lowest BCUT2D eigenvalue weighted by molar-refractivity contribution is 0.873. The summed E-state index contributed by atoms with van der Waals surface area (Å²) in [5.41, 5.74) is 8.38. The van der Waals surface area contributed by atoms with Gasteiger partial charge in [0.05, 0.1) is 21.8 Å². The van der Waals surface area contributed by atoms with E-state index in [9.17, 15) is 0 Å². The second-order valence-corrected chi connectivity index (χ2v) is 6.27. The minimum Gasteiger partial charge on any atom is -0.393 e. The van der Waals surface area contributed by atoms with E-state index in [2.05, 4.69) is 20.6 Å². The van der Waals surface area contributed by atoms with Gasteiger partial charge in [-0.15, -0.1) is 0 Å². The maximum Gasteiger partial charge on any atom is 0.159 e. The van der Waals surface area contributed by atoms with E-state index in [0.29, 0.717) is 33.1 Å². The van der Waals surface area contributed by atoms with Crippen LogP contribution in [0.15, 0.2) is 54.9 Å². The highest BCUT2D eigenvalue weighted by atomic mass is 35.5. The molecular weight excluding hydrogens is 357 g/mol. The Morgan fingerprint density at radius 1 is 0.960 bits per heavy atom. The van der Waals surface area contributed by atoms with Gasteiger partial charge in [0, 0.05) is 0 Å². The van der Waals surface area contributed by atoms with Crippen LogP contribution < -0.4 is 16.4 Å². The van der Waals surface area contributed by atoms with Crippen LogP contribution in [0.2, 0.25) is 10.0 Å². The lowest BCUT2D eigenvalue weighted by Crippen LogP contribution is -2.11. The van der Waals surface area contributed by atoms with Crippen LogP contribution in [0.25, 0.3) is 0 Å². The highest BCUT2D eigenvalue weighted by Gasteiger charge is 2.13. The molecule has 0 saturated carbocycles. The molecular formula is C18H17Cl2N5. The molecule has 0 amide bonds. The second-order valence-electron chi connectivity index (χ2n) is 5.49. The molecule has 2 aromatic carbocycles. The summed E-state index contributed by atoms with van der Waals surface area (Å²) in [4.78, 5) is 8.44. The van der Waals surface area contributed by atoms with E-state index in [1.165, 1.54) is 6.33 Å². The fraction of sp³-hybridized carbons (Fsp3) is 0.111. The van der Waals surface area contributed by atoms with E-state index in [4.69, 9.17) is 28.9 Å². The Morgan fingerprint density at radius 3 is 2.44 bits per heavy atom. The van der Waals surface area contributed by atoms with Crippen LogP contribution in [-0.2, 0) is 0 Å². The Morgan fingerprint density at radius 2 is 1.68 bits per heavy atom. The lowest BCUT2D eigenvalue weighted by atomic mass is 10.1. The third kappa shape index (κ3) is 3.95. The van der Waals surface area contributed by atoms with Crippen molar-refractivity contribution in [3.8, 4) is 0 Å². The van der Waals surface area contributed by atoms with Crippen LogP contribution in [0.3, 0.4) is 0 Å². The van der Waals surface area contributed by atoms with Crippen molar-refractivity contribution in [2.45, 2.75) is 13.0 Å². The number of hydrogen-bond acceptors (Lipinski definition) is 5. The number of rotatable bonds is 5. The zero-order chi connectivity index (χ0) is 17.8. The predicted molar refractivity (Wildman–Crippen MR) is 105 cm³/mol. The SMILES string of the molecule is CC(Nc1ncnc(Nc2cccc(Cl)c2Cl)c1N)c1ccccc1. The third-order valence-corrected chi connectivity index (χ3v) is 4.56. The number of halogens is 2. The minimum absolute atomic E-state index is 0.0426. The first-order valence-corrected chi connectivity index (χ1v) is 8.45. The largest absolute Gasteiger partial charge is 0.393 e. The Kier molecular flexibility index (Phi) is 5.26. The van der Waals surface area contributed by atoms with E-state index < -0.39 is 0 Å². The van der Waals surface area contributed by atoms with E-state index in [0.717, 1.165) is 5.56 Å². The third-order valence-electron chi connectivity index (χ3n) is 3.74. The molecule has 4 N–H and O–H groups in total. The number of hydrogen-bond donors (Lipinski definition) is 3. The van der Waals surface area contributed by atoms with Crippen LogP contribution in [0.1, 0.15) is 18.5 Å². The summed E-state index contributed by atoms with van der Waals surface area (Å²) in [5, 5.41) is 7.27. The van der Waals surface area contributed by atoms with Gasteiger partial charge in [-0.1, -0.05) is 59.6 Å². The molecule has 0 radical (unpaired) electrons. The standard InChI is InChI=1S/C18H17Cl2N5/c1-11(12-6-3-2-4-7-12)24-17-16(21)18(23-10-22-17)25-14-9-5-8-13(19)15(14)20/h2-11H,21H2,1H3,(H2,22,23,24,25). The van der Waals surface area contributed by atoms with E-state index >= 15 is 0 Å². The Bertz CT molecular complexity index is 871. The van der Waals surface area contributed by atoms with E-state index in [-0.39, 0.29) is 6.04 Å². The molecule has 0 saturated heterocycles. The van der Waals surface area contributed by atoms with E-state index in [1.54, 1.807) is 18.2 Å². The van der Waals surface area contributed by atoms with Crippen molar-refractivity contribution in [3.05, 3.63) is 70.5 Å². The molecule has 1 atom stereocenters. The minimum atomic E-state index is 0.0426. The normalized spacial score (nSPS) is 11.8. The second kappa shape index (κ2) is 7.59. The number of aromatic nitrogens is 2. The number of nitrogens with zero attached hydrogens (tertiary/aromatic N) is 2. The first-order valence-electron chi connectivity index (χ1n) is 7.69. The van der Waals surface area contributed by atoms with Gasteiger partial charge >= 0.3 is 0 Å². The van der Waals surface area contributed by atoms with Crippen molar-refractivity contribution < 1.29 is 0 Å². The van der Waals surface area contributed by atoms with Gasteiger partial charge in [0.2, 0.25) is 0 Å². The van der Waals surface area contributed by atoms with Crippen LogP contribution in [0.4, 0.5) is 23.0 Å². The van der Waals surface area contributed by atoms with Crippen molar-refractivity contribution in [2.75, 3.05) is 16.4 Å². The molecule has 128 valence electrons. The summed E-state index contributed by atoms with van der Waals surface area (Å²) in [5.74, 6) is 1.01. The van der Waals surface area contributed by atoms with Crippen molar-refractivity contribution in [1.29, 1.82) is 0 Å². The number of nitrogens with two attached hydrogens (primary N) is 1. The van der Waals surface area contributed by atoms with Gasteiger partial charge in [-0.2, -0.15) is 0 Å². The number of anilines is 4. The quantitative estimate of drug-likeness (QED) is 0.566. The van der Waals surface area contributed by atoms with Crippen molar-refractivity contribution in [3.63, 3.8) is 0 Å². The molecule has 0 fully saturated rings. The van der Waals surface area contributed by atoms with Crippen LogP contribution in [-0.4, -0.2) is 9.97 Å². The van der Waals surface area contributed by atoms with Crippen LogP contribution in [0, 0.1) is 0 Å². The van der Waals surface area contributed by atoms with E-state index in [1.807, 2.05) is 37.3 Å². The predicted octanol–water partition coefficient (Wildman–Crippen LogP) is 5.28. The maximum absolute atomic E-state index is 6.22. The molecule has 0 aliphatic heterocycles. The van der Waals surface area contributed by atoms with Gasteiger partial charge in [-0.25, -0.2) is 9.97 Å². The average Bonchev–Trinajstić information content (AvgIpc) is 2.63. The molecule has 25 heavy (non-hydrogen) atoms. The number of benzene rings is 2. The van der Waals surface area contributed by atoms with Gasteiger partial charge in [0.25, 0.3) is 0 Å². The smallest absolute Gasteiger partial charge is 0.159 e. The lowest BCUT2D eigenvalue weighted by Gasteiger charge is -2.18. The molecule has 0 spiro atoms. The first-order chi connectivity index (χ1) is 12.1. The molecule has 1 aromatic heterocycles. The molecule has 0 aliphatic rings. The zero-order valence-electron chi connectivity index (χ0n) is 13.5. The van der Waals surface area contributed by atoms with Crippen molar-refractivity contribution >= 4 is 46.2 Å². The average molecular weight is 374 g/mol. The van der Waals surface area contributed by atoms with Gasteiger partial charge in [0.15, 0.2) is 11.6 Å². The highest BCUT2D eigenvalue weighted by Crippen LogP contribution is 2.34. The summed E-state index contributed by atoms with van der Waals surface area (Å²) in [6, 6.07) is 15.4. The fourth-order valence-electron chi connectivity index (χ4n) is 2.37. The van der Waals surface area contributed by atoms with Crippen LogP contribution >= 0.6 is 23.2 Å². The molecule has 5 nitrogen and oxygen atoms in total. The summed E-state index contributed by atoms with van der Waals surface area (Å²) in [6.45, 7) is 2.04. The van der Waals surface area contributed by atoms with Gasteiger partial charge in [-0.3, -0.25) is 0 Å². The summed E-state index contributed by atoms with van der Waals surface area (Å²) < 4.78 is 0. The highest BCUT2D eigenvalue weighted by molar-refractivity contribution is 6.43. The molecule has 0 aliphatic carbocycles. The van der Waals surface area contributed by atoms with Crippen molar-refractivity contribution in [2.24, 2.45) is 0 Å². The Hall–Kier alpha value is -2.50. The monoisotopic (exact) mass is 373 g/mol. The molecule has 1 heterocycles. The van der Waals surface area contributed by atoms with Gasteiger partial charge in [-0.05, 0) is 24.6 Å². The van der Waals surface area contributed by atoms with Crippen LogP contribution in [0.5, 0.6) is 0 Å². The number of nitrogens with one attached hydrogen (secondary N) is 2. The Labute approximate surface area is 156 Å². The topological polar surface area (TPSA) is 75.9 Å². The maximum atomic E-state index is 6.22. The molecule has 1 unspecified atom stereocenters.